The molecule has 58 heavy (non-hydrogen) atoms. The lowest BCUT2D eigenvalue weighted by molar-refractivity contribution is -0.0538. The third kappa shape index (κ3) is 8.94. The largest absolute Gasteiger partial charge is 0.394 e. The zero-order valence-corrected chi connectivity index (χ0v) is 33.0. The number of fused-ring (bicyclic) bond motifs is 1. The fraction of sp³-hybridized carbons (Fsp3) is 0.581. The average Bonchev–Trinajstić information content (AvgIpc) is 3.93. The first-order valence-corrected chi connectivity index (χ1v) is 21.8. The summed E-state index contributed by atoms with van der Waals surface area (Å²) in [6.07, 6.45) is -5.31. The number of ether oxygens (including phenoxy) is 3. The standard InChI is InChI=1S/C31H42N10O15P2/c1-14-9-40(31(47)38-27(14)44)24-8-17(20(54-24)12-51-58(3,49)55-16-7-23(52-18(16)10-42)39-5-4-21(32)35-30(39)46)56-57(2,48)50-11-19-15(43)6-22(53-19)41-13-34-25-26(41)36-29(33)37-28(25)45/h4-5,9,13,15-20,22-24,42-43H,6-8,10-12H2,1-3H3,(H2,32,35,46)(H,38,44,47)(H3,33,36,37,45)/t15-,16-,17-,18+,19+,20+,22+,23+,24+,57-,58-/m0/s1. The Balaban J connectivity index is 1.02. The second-order valence-corrected chi connectivity index (χ2v) is 18.1. The van der Waals surface area contributed by atoms with Crippen LogP contribution in [0.5, 0.6) is 0 Å². The van der Waals surface area contributed by atoms with Crippen molar-refractivity contribution in [3.63, 3.8) is 0 Å². The lowest BCUT2D eigenvalue weighted by atomic mass is 10.2. The number of hydrogen-bond acceptors (Lipinski definition) is 20. The van der Waals surface area contributed by atoms with Crippen LogP contribution in [0.4, 0.5) is 11.8 Å². The van der Waals surface area contributed by atoms with E-state index in [2.05, 4.69) is 24.9 Å². The van der Waals surface area contributed by atoms with Crippen molar-refractivity contribution in [3.05, 3.63) is 72.0 Å². The van der Waals surface area contributed by atoms with Gasteiger partial charge in [0, 0.05) is 50.5 Å². The van der Waals surface area contributed by atoms with Gasteiger partial charge in [-0.2, -0.15) is 9.97 Å². The molecular weight excluding hydrogens is 814 g/mol. The highest BCUT2D eigenvalue weighted by atomic mass is 31.2. The minimum atomic E-state index is -4.03. The Bertz CT molecular complexity index is 2510. The molecular formula is C31H42N10O15P2. The van der Waals surface area contributed by atoms with Crippen molar-refractivity contribution in [2.75, 3.05) is 44.6 Å². The molecule has 7 heterocycles. The third-order valence-electron chi connectivity index (χ3n) is 9.72. The monoisotopic (exact) mass is 856 g/mol. The highest BCUT2D eigenvalue weighted by Gasteiger charge is 2.45. The molecule has 27 heteroatoms. The third-order valence-corrected chi connectivity index (χ3v) is 12.3. The summed E-state index contributed by atoms with van der Waals surface area (Å²) in [6, 6.07) is 1.39. The fourth-order valence-corrected chi connectivity index (χ4v) is 9.27. The number of aliphatic hydroxyl groups excluding tert-OH is 2. The van der Waals surface area contributed by atoms with Crippen LogP contribution < -0.4 is 34.0 Å². The second-order valence-electron chi connectivity index (χ2n) is 14.1. The molecule has 0 amide bonds. The highest BCUT2D eigenvalue weighted by molar-refractivity contribution is 7.53. The number of imidazole rings is 1. The number of nitrogen functional groups attached to an aromatic ring is 2. The van der Waals surface area contributed by atoms with E-state index in [0.29, 0.717) is 0 Å². The van der Waals surface area contributed by atoms with Gasteiger partial charge in [-0.1, -0.05) is 0 Å². The molecule has 8 N–H and O–H groups in total. The summed E-state index contributed by atoms with van der Waals surface area (Å²) >= 11 is 0. The van der Waals surface area contributed by atoms with Crippen LogP contribution in [0.3, 0.4) is 0 Å². The maximum Gasteiger partial charge on any atom is 0.351 e. The van der Waals surface area contributed by atoms with Gasteiger partial charge in [-0.25, -0.2) is 14.6 Å². The molecule has 25 nitrogen and oxygen atoms in total. The first-order valence-electron chi connectivity index (χ1n) is 17.9. The summed E-state index contributed by atoms with van der Waals surface area (Å²) in [7, 11) is -8.04. The van der Waals surface area contributed by atoms with Crippen molar-refractivity contribution in [1.82, 2.24) is 38.6 Å². The number of hydrogen-bond donors (Lipinski definition) is 6. The van der Waals surface area contributed by atoms with Gasteiger partial charge < -0.3 is 54.0 Å². The molecule has 0 aliphatic carbocycles. The predicted octanol–water partition coefficient (Wildman–Crippen LogP) is -0.935. The number of nitrogens with zero attached hydrogens (tertiary/aromatic N) is 6. The summed E-state index contributed by atoms with van der Waals surface area (Å²) < 4.78 is 72.2. The van der Waals surface area contributed by atoms with Crippen LogP contribution in [-0.4, -0.2) is 119 Å². The zero-order chi connectivity index (χ0) is 41.7. The van der Waals surface area contributed by atoms with E-state index in [1.165, 1.54) is 49.6 Å². The summed E-state index contributed by atoms with van der Waals surface area (Å²) in [5.74, 6) is -0.138. The molecule has 11 atom stereocenters. The maximum atomic E-state index is 13.8. The Hall–Kier alpha value is -4.39. The molecule has 3 fully saturated rings. The van der Waals surface area contributed by atoms with Crippen LogP contribution in [0.1, 0.15) is 43.5 Å². The maximum absolute atomic E-state index is 13.8. The highest BCUT2D eigenvalue weighted by Crippen LogP contribution is 2.52. The van der Waals surface area contributed by atoms with Crippen LogP contribution in [0, 0.1) is 6.92 Å². The van der Waals surface area contributed by atoms with Crippen LogP contribution >= 0.6 is 15.2 Å². The number of H-pyrrole nitrogens is 2. The van der Waals surface area contributed by atoms with E-state index in [0.717, 1.165) is 9.13 Å². The SMILES string of the molecule is Cc1cn([C@H]2C[C@H](O[P@@](C)(=O)OC[C@H]3O[C@@H](n4cnc5c(=O)[nH]c(N)nc54)C[C@@H]3O)[C@@H](CO[P@](C)(=O)O[C@H]3C[C@H](n4ccc(N)nc4=O)O[C@@H]3CO)O2)c(=O)[nH]c1=O. The summed E-state index contributed by atoms with van der Waals surface area (Å²) in [5, 5.41) is 20.8. The Morgan fingerprint density at radius 2 is 1.45 bits per heavy atom. The summed E-state index contributed by atoms with van der Waals surface area (Å²) in [5.41, 5.74) is 8.97. The van der Waals surface area contributed by atoms with E-state index >= 15 is 0 Å². The van der Waals surface area contributed by atoms with E-state index < -0.39 is 113 Å². The topological polar surface area (TPSA) is 345 Å². The number of rotatable bonds is 14. The smallest absolute Gasteiger partial charge is 0.351 e. The Morgan fingerprint density at radius 3 is 2.12 bits per heavy atom. The number of aromatic nitrogens is 8. The molecule has 0 spiro atoms. The molecule has 316 valence electrons. The van der Waals surface area contributed by atoms with Gasteiger partial charge in [0.05, 0.1) is 44.5 Å². The molecule has 0 radical (unpaired) electrons. The number of aromatic amines is 2. The number of nitrogens with one attached hydrogen (secondary N) is 2. The fourth-order valence-electron chi connectivity index (χ4n) is 6.88. The molecule has 3 saturated heterocycles. The van der Waals surface area contributed by atoms with Gasteiger partial charge >= 0.3 is 26.6 Å². The average molecular weight is 857 g/mol. The lowest BCUT2D eigenvalue weighted by Gasteiger charge is -2.26. The molecule has 3 aliphatic heterocycles. The van der Waals surface area contributed by atoms with Gasteiger partial charge in [-0.15, -0.1) is 0 Å². The molecule has 0 unspecified atom stereocenters. The second kappa shape index (κ2) is 16.3. The van der Waals surface area contributed by atoms with Crippen LogP contribution in [0.15, 0.2) is 44.0 Å². The normalized spacial score (nSPS) is 29.5. The molecule has 0 saturated carbocycles. The first-order chi connectivity index (χ1) is 27.4. The van der Waals surface area contributed by atoms with Crippen molar-refractivity contribution in [2.45, 2.75) is 81.5 Å². The minimum Gasteiger partial charge on any atom is -0.394 e. The van der Waals surface area contributed by atoms with Gasteiger partial charge in [0.15, 0.2) is 11.2 Å². The minimum absolute atomic E-state index is 0.00260. The quantitative estimate of drug-likeness (QED) is 0.0834. The lowest BCUT2D eigenvalue weighted by Crippen LogP contribution is -2.33. The summed E-state index contributed by atoms with van der Waals surface area (Å²) in [4.78, 5) is 65.9. The van der Waals surface area contributed by atoms with E-state index in [1.54, 1.807) is 0 Å². The van der Waals surface area contributed by atoms with Crippen LogP contribution in [0.25, 0.3) is 11.2 Å². The van der Waals surface area contributed by atoms with Crippen molar-refractivity contribution >= 4 is 38.1 Å². The van der Waals surface area contributed by atoms with E-state index in [1.807, 2.05) is 0 Å². The van der Waals surface area contributed by atoms with Gasteiger partial charge in [0.2, 0.25) is 5.95 Å². The van der Waals surface area contributed by atoms with Crippen molar-refractivity contribution < 1.29 is 51.6 Å². The van der Waals surface area contributed by atoms with Gasteiger partial charge in [-0.3, -0.25) is 42.4 Å². The van der Waals surface area contributed by atoms with E-state index in [-0.39, 0.29) is 47.8 Å². The number of aryl methyl sites for hydroxylation is 1. The Morgan fingerprint density at radius 1 is 0.845 bits per heavy atom. The van der Waals surface area contributed by atoms with Crippen LogP contribution in [0.2, 0.25) is 0 Å². The van der Waals surface area contributed by atoms with Crippen molar-refractivity contribution in [3.8, 4) is 0 Å². The molecule has 4 aromatic rings. The predicted molar refractivity (Wildman–Crippen MR) is 199 cm³/mol. The molecule has 3 aliphatic rings. The Kier molecular flexibility index (Phi) is 11.8. The van der Waals surface area contributed by atoms with Gasteiger partial charge in [0.25, 0.3) is 11.1 Å². The number of nitrogens with two attached hydrogens (primary N) is 2. The van der Waals surface area contributed by atoms with Gasteiger partial charge in [-0.05, 0) is 13.0 Å². The van der Waals surface area contributed by atoms with Crippen LogP contribution in [-0.2, 0) is 41.4 Å². The van der Waals surface area contributed by atoms with Crippen molar-refractivity contribution in [1.29, 1.82) is 0 Å². The summed E-state index contributed by atoms with van der Waals surface area (Å²) in [6.45, 7) is 2.40. The number of anilines is 2. The first kappa shape index (κ1) is 41.8. The zero-order valence-electron chi connectivity index (χ0n) is 31.2. The number of aliphatic hydroxyl groups is 2. The van der Waals surface area contributed by atoms with E-state index in [4.69, 9.17) is 43.8 Å². The Labute approximate surface area is 326 Å². The van der Waals surface area contributed by atoms with Gasteiger partial charge in [0.1, 0.15) is 42.8 Å². The molecule has 4 aromatic heterocycles. The van der Waals surface area contributed by atoms with E-state index in [9.17, 15) is 38.5 Å². The molecule has 0 bridgehead atoms. The molecule has 7 rings (SSSR count). The van der Waals surface area contributed by atoms with Crippen molar-refractivity contribution in [2.24, 2.45) is 0 Å². The molecule has 0 aromatic carbocycles.